The first-order chi connectivity index (χ1) is 9.10. The predicted octanol–water partition coefficient (Wildman–Crippen LogP) is 1.86. The third kappa shape index (κ3) is 3.11. The molecule has 0 fully saturated rings. The Morgan fingerprint density at radius 1 is 1.32 bits per heavy atom. The van der Waals surface area contributed by atoms with Crippen molar-refractivity contribution in [1.82, 2.24) is 9.97 Å². The summed E-state index contributed by atoms with van der Waals surface area (Å²) in [6, 6.07) is 8.17. The number of nitro benzene ring substituents is 1. The molecular formula is C13H14N4O2. The van der Waals surface area contributed by atoms with Crippen LogP contribution in [0.3, 0.4) is 0 Å². The molecule has 0 unspecified atom stereocenters. The molecule has 0 saturated heterocycles. The maximum absolute atomic E-state index is 10.8. The summed E-state index contributed by atoms with van der Waals surface area (Å²) in [6.07, 6.45) is 0.658. The van der Waals surface area contributed by atoms with Crippen LogP contribution in [0, 0.1) is 17.0 Å². The van der Waals surface area contributed by atoms with E-state index in [4.69, 9.17) is 5.73 Å². The molecule has 2 N–H and O–H groups in total. The molecule has 1 heterocycles. The number of hydrogen-bond donors (Lipinski definition) is 1. The second-order valence-electron chi connectivity index (χ2n) is 4.17. The first-order valence-electron chi connectivity index (χ1n) is 5.89. The van der Waals surface area contributed by atoms with Crippen molar-refractivity contribution in [3.63, 3.8) is 0 Å². The van der Waals surface area contributed by atoms with Gasteiger partial charge < -0.3 is 5.73 Å². The highest BCUT2D eigenvalue weighted by Gasteiger charge is 2.10. The van der Waals surface area contributed by atoms with Gasteiger partial charge in [0.15, 0.2) is 5.82 Å². The predicted molar refractivity (Wildman–Crippen MR) is 71.6 cm³/mol. The summed E-state index contributed by atoms with van der Waals surface area (Å²) in [5.41, 5.74) is 7.84. The van der Waals surface area contributed by atoms with Crippen molar-refractivity contribution >= 4 is 5.69 Å². The van der Waals surface area contributed by atoms with Crippen LogP contribution in [0.4, 0.5) is 5.69 Å². The molecular weight excluding hydrogens is 244 g/mol. The molecule has 1 aromatic carbocycles. The summed E-state index contributed by atoms with van der Waals surface area (Å²) in [7, 11) is 0. The lowest BCUT2D eigenvalue weighted by molar-refractivity contribution is -0.384. The number of rotatable bonds is 4. The fourth-order valence-electron chi connectivity index (χ4n) is 1.80. The van der Waals surface area contributed by atoms with Gasteiger partial charge in [0, 0.05) is 35.5 Å². The number of hydrogen-bond acceptors (Lipinski definition) is 5. The van der Waals surface area contributed by atoms with Crippen LogP contribution < -0.4 is 5.73 Å². The second-order valence-corrected chi connectivity index (χ2v) is 4.17. The van der Waals surface area contributed by atoms with Gasteiger partial charge in [0.25, 0.3) is 5.69 Å². The molecule has 2 rings (SSSR count). The number of nitrogens with two attached hydrogens (primary N) is 1. The third-order valence-electron chi connectivity index (χ3n) is 2.62. The van der Waals surface area contributed by atoms with Gasteiger partial charge in [-0.15, -0.1) is 0 Å². The minimum absolute atomic E-state index is 0.0305. The summed E-state index contributed by atoms with van der Waals surface area (Å²) >= 11 is 0. The molecule has 98 valence electrons. The van der Waals surface area contributed by atoms with E-state index in [9.17, 15) is 10.1 Å². The first-order valence-corrected chi connectivity index (χ1v) is 5.89. The molecule has 0 spiro atoms. The topological polar surface area (TPSA) is 94.9 Å². The minimum atomic E-state index is -0.430. The molecule has 19 heavy (non-hydrogen) atoms. The van der Waals surface area contributed by atoms with Crippen LogP contribution in [0.1, 0.15) is 11.4 Å². The van der Waals surface area contributed by atoms with Crippen LogP contribution in [0.2, 0.25) is 0 Å². The molecule has 0 atom stereocenters. The average Bonchev–Trinajstić information content (AvgIpc) is 2.38. The lowest BCUT2D eigenvalue weighted by atomic mass is 10.1. The highest BCUT2D eigenvalue weighted by atomic mass is 16.6. The molecule has 0 amide bonds. The molecule has 0 bridgehead atoms. The number of aryl methyl sites for hydroxylation is 1. The summed E-state index contributed by atoms with van der Waals surface area (Å²) < 4.78 is 0. The molecule has 1 aromatic heterocycles. The lowest BCUT2D eigenvalue weighted by Crippen LogP contribution is -2.06. The van der Waals surface area contributed by atoms with Gasteiger partial charge in [0.05, 0.1) is 4.92 Å². The Morgan fingerprint density at radius 2 is 2.11 bits per heavy atom. The third-order valence-corrected chi connectivity index (χ3v) is 2.62. The van der Waals surface area contributed by atoms with Gasteiger partial charge in [0.1, 0.15) is 0 Å². The monoisotopic (exact) mass is 258 g/mol. The van der Waals surface area contributed by atoms with E-state index in [-0.39, 0.29) is 5.69 Å². The van der Waals surface area contributed by atoms with Crippen LogP contribution in [0.15, 0.2) is 30.3 Å². The SMILES string of the molecule is Cc1cc(CCN)nc(-c2cccc([N+](=O)[O-])c2)n1. The van der Waals surface area contributed by atoms with Gasteiger partial charge in [-0.1, -0.05) is 12.1 Å². The summed E-state index contributed by atoms with van der Waals surface area (Å²) in [5.74, 6) is 0.493. The Labute approximate surface area is 110 Å². The first kappa shape index (κ1) is 13.1. The zero-order chi connectivity index (χ0) is 13.8. The smallest absolute Gasteiger partial charge is 0.270 e. The number of nitrogens with zero attached hydrogens (tertiary/aromatic N) is 3. The largest absolute Gasteiger partial charge is 0.330 e. The van der Waals surface area contributed by atoms with Gasteiger partial charge in [-0.05, 0) is 19.5 Å². The maximum atomic E-state index is 10.8. The Kier molecular flexibility index (Phi) is 3.82. The molecule has 0 saturated carbocycles. The molecule has 0 aliphatic carbocycles. The average molecular weight is 258 g/mol. The van der Waals surface area contributed by atoms with Crippen LogP contribution in [0.25, 0.3) is 11.4 Å². The van der Waals surface area contributed by atoms with Crippen molar-refractivity contribution in [3.05, 3.63) is 51.8 Å². The van der Waals surface area contributed by atoms with Crippen LogP contribution in [0.5, 0.6) is 0 Å². The Hall–Kier alpha value is -2.34. The van der Waals surface area contributed by atoms with E-state index in [1.807, 2.05) is 13.0 Å². The van der Waals surface area contributed by atoms with Crippen LogP contribution >= 0.6 is 0 Å². The molecule has 6 heteroatoms. The molecule has 6 nitrogen and oxygen atoms in total. The molecule has 2 aromatic rings. The zero-order valence-electron chi connectivity index (χ0n) is 10.5. The van der Waals surface area contributed by atoms with E-state index in [2.05, 4.69) is 9.97 Å². The van der Waals surface area contributed by atoms with E-state index in [0.717, 1.165) is 11.4 Å². The molecule has 0 aliphatic rings. The highest BCUT2D eigenvalue weighted by molar-refractivity contribution is 5.59. The van der Waals surface area contributed by atoms with Crippen LogP contribution in [-0.4, -0.2) is 21.4 Å². The summed E-state index contributed by atoms with van der Waals surface area (Å²) in [5, 5.41) is 10.8. The van der Waals surface area contributed by atoms with Gasteiger partial charge in [-0.3, -0.25) is 10.1 Å². The number of aromatic nitrogens is 2. The van der Waals surface area contributed by atoms with Crippen molar-refractivity contribution in [2.75, 3.05) is 6.54 Å². The summed E-state index contributed by atoms with van der Waals surface area (Å²) in [4.78, 5) is 19.0. The lowest BCUT2D eigenvalue weighted by Gasteiger charge is -2.05. The Morgan fingerprint density at radius 3 is 2.79 bits per heavy atom. The van der Waals surface area contributed by atoms with E-state index in [0.29, 0.717) is 24.4 Å². The second kappa shape index (κ2) is 5.53. The zero-order valence-corrected chi connectivity index (χ0v) is 10.5. The Balaban J connectivity index is 2.46. The van der Waals surface area contributed by atoms with E-state index in [1.54, 1.807) is 12.1 Å². The maximum Gasteiger partial charge on any atom is 0.270 e. The number of non-ortho nitro benzene ring substituents is 1. The van der Waals surface area contributed by atoms with Gasteiger partial charge in [0.2, 0.25) is 0 Å². The van der Waals surface area contributed by atoms with Crippen molar-refractivity contribution in [3.8, 4) is 11.4 Å². The minimum Gasteiger partial charge on any atom is -0.330 e. The summed E-state index contributed by atoms with van der Waals surface area (Å²) in [6.45, 7) is 2.37. The Bertz CT molecular complexity index is 613. The van der Waals surface area contributed by atoms with Gasteiger partial charge in [-0.25, -0.2) is 9.97 Å². The highest BCUT2D eigenvalue weighted by Crippen LogP contribution is 2.21. The fraction of sp³-hybridized carbons (Fsp3) is 0.231. The van der Waals surface area contributed by atoms with E-state index in [1.165, 1.54) is 12.1 Å². The van der Waals surface area contributed by atoms with E-state index >= 15 is 0 Å². The number of nitro groups is 1. The number of benzene rings is 1. The standard InChI is InChI=1S/C13H14N4O2/c1-9-7-11(5-6-14)16-13(15-9)10-3-2-4-12(8-10)17(18)19/h2-4,7-8H,5-6,14H2,1H3. The molecule has 0 aliphatic heterocycles. The normalized spacial score (nSPS) is 10.4. The fourth-order valence-corrected chi connectivity index (χ4v) is 1.80. The van der Waals surface area contributed by atoms with Gasteiger partial charge in [-0.2, -0.15) is 0 Å². The van der Waals surface area contributed by atoms with E-state index < -0.39 is 4.92 Å². The van der Waals surface area contributed by atoms with Crippen LogP contribution in [-0.2, 0) is 6.42 Å². The molecule has 0 radical (unpaired) electrons. The van der Waals surface area contributed by atoms with Crippen molar-refractivity contribution in [2.45, 2.75) is 13.3 Å². The van der Waals surface area contributed by atoms with Crippen molar-refractivity contribution in [2.24, 2.45) is 5.73 Å². The van der Waals surface area contributed by atoms with Crippen molar-refractivity contribution in [1.29, 1.82) is 0 Å². The quantitative estimate of drug-likeness (QED) is 0.667. The van der Waals surface area contributed by atoms with Gasteiger partial charge >= 0.3 is 0 Å². The van der Waals surface area contributed by atoms with Crippen molar-refractivity contribution < 1.29 is 4.92 Å².